The first-order chi connectivity index (χ1) is 7.42. The summed E-state index contributed by atoms with van der Waals surface area (Å²) in [7, 11) is 0. The van der Waals surface area contributed by atoms with Crippen LogP contribution in [0.2, 0.25) is 0 Å². The van der Waals surface area contributed by atoms with Gasteiger partial charge in [0.05, 0.1) is 12.5 Å². The fraction of sp³-hybridized carbons (Fsp3) is 0.692. The highest BCUT2D eigenvalue weighted by molar-refractivity contribution is 5.13. The van der Waals surface area contributed by atoms with E-state index in [1.807, 2.05) is 6.26 Å². The molecule has 1 aliphatic carbocycles. The molecule has 0 amide bonds. The first-order valence-corrected chi connectivity index (χ1v) is 6.17. The van der Waals surface area contributed by atoms with Crippen LogP contribution in [-0.2, 0) is 0 Å². The molecular weight excluding hydrogens is 186 g/mol. The van der Waals surface area contributed by atoms with Crippen LogP contribution in [0.3, 0.4) is 0 Å². The average Bonchev–Trinajstić information content (AvgIpc) is 2.80. The van der Waals surface area contributed by atoms with Crippen molar-refractivity contribution in [2.24, 2.45) is 5.92 Å². The van der Waals surface area contributed by atoms with Gasteiger partial charge in [-0.3, -0.25) is 0 Å². The van der Waals surface area contributed by atoms with Crippen molar-refractivity contribution in [3.8, 4) is 0 Å². The summed E-state index contributed by atoms with van der Waals surface area (Å²) < 4.78 is 5.19. The van der Waals surface area contributed by atoms with Crippen LogP contribution in [0.4, 0.5) is 0 Å². The zero-order chi connectivity index (χ0) is 10.5. The van der Waals surface area contributed by atoms with E-state index >= 15 is 0 Å². The van der Waals surface area contributed by atoms with E-state index in [1.54, 1.807) is 6.26 Å². The van der Waals surface area contributed by atoms with Crippen molar-refractivity contribution in [1.29, 1.82) is 0 Å². The van der Waals surface area contributed by atoms with Crippen molar-refractivity contribution in [2.45, 2.75) is 45.1 Å². The summed E-state index contributed by atoms with van der Waals surface area (Å²) in [5, 5.41) is 3.59. The Hall–Kier alpha value is -0.760. The number of furan rings is 1. The van der Waals surface area contributed by atoms with Gasteiger partial charge in [-0.2, -0.15) is 0 Å². The Morgan fingerprint density at radius 2 is 2.20 bits per heavy atom. The third-order valence-electron chi connectivity index (χ3n) is 3.45. The van der Waals surface area contributed by atoms with Crippen LogP contribution in [0.5, 0.6) is 0 Å². The SMILES string of the molecule is CCNC(c1ccoc1)C1CCCCC1. The molecular formula is C13H21NO. The molecule has 84 valence electrons. The van der Waals surface area contributed by atoms with Crippen LogP contribution < -0.4 is 5.32 Å². The van der Waals surface area contributed by atoms with Gasteiger partial charge in [0.1, 0.15) is 0 Å². The van der Waals surface area contributed by atoms with E-state index in [2.05, 4.69) is 18.3 Å². The maximum atomic E-state index is 5.19. The summed E-state index contributed by atoms with van der Waals surface area (Å²) in [5.41, 5.74) is 1.32. The summed E-state index contributed by atoms with van der Waals surface area (Å²) >= 11 is 0. The lowest BCUT2D eigenvalue weighted by atomic mass is 9.82. The molecule has 0 spiro atoms. The Bertz CT molecular complexity index is 262. The molecule has 2 heteroatoms. The minimum Gasteiger partial charge on any atom is -0.472 e. The highest BCUT2D eigenvalue weighted by Gasteiger charge is 2.24. The Labute approximate surface area is 92.1 Å². The third-order valence-corrected chi connectivity index (χ3v) is 3.45. The minimum absolute atomic E-state index is 0.508. The van der Waals surface area contributed by atoms with Crippen molar-refractivity contribution in [1.82, 2.24) is 5.32 Å². The third kappa shape index (κ3) is 2.63. The summed E-state index contributed by atoms with van der Waals surface area (Å²) in [6.45, 7) is 3.21. The molecule has 0 bridgehead atoms. The van der Waals surface area contributed by atoms with Crippen molar-refractivity contribution in [3.63, 3.8) is 0 Å². The molecule has 1 aromatic rings. The fourth-order valence-corrected chi connectivity index (χ4v) is 2.70. The first-order valence-electron chi connectivity index (χ1n) is 6.17. The second-order valence-electron chi connectivity index (χ2n) is 4.49. The lowest BCUT2D eigenvalue weighted by molar-refractivity contribution is 0.273. The number of nitrogens with one attached hydrogen (secondary N) is 1. The molecule has 1 heterocycles. The monoisotopic (exact) mass is 207 g/mol. The van der Waals surface area contributed by atoms with Crippen LogP contribution in [0.15, 0.2) is 23.0 Å². The molecule has 1 saturated carbocycles. The molecule has 1 N–H and O–H groups in total. The minimum atomic E-state index is 0.508. The van der Waals surface area contributed by atoms with Gasteiger partial charge in [0.2, 0.25) is 0 Å². The zero-order valence-electron chi connectivity index (χ0n) is 9.54. The van der Waals surface area contributed by atoms with Crippen LogP contribution in [0, 0.1) is 5.92 Å². The molecule has 0 aromatic carbocycles. The topological polar surface area (TPSA) is 25.2 Å². The molecule has 0 radical (unpaired) electrons. The van der Waals surface area contributed by atoms with E-state index < -0.39 is 0 Å². The Balaban J connectivity index is 2.04. The van der Waals surface area contributed by atoms with Gasteiger partial charge in [0, 0.05) is 11.6 Å². The standard InChI is InChI=1S/C13H21NO/c1-2-14-13(12-8-9-15-10-12)11-6-4-3-5-7-11/h8-11,13-14H,2-7H2,1H3. The van der Waals surface area contributed by atoms with E-state index in [9.17, 15) is 0 Å². The van der Waals surface area contributed by atoms with E-state index in [-0.39, 0.29) is 0 Å². The van der Waals surface area contributed by atoms with E-state index in [4.69, 9.17) is 4.42 Å². The normalized spacial score (nSPS) is 20.3. The Kier molecular flexibility index (Phi) is 3.84. The highest BCUT2D eigenvalue weighted by Crippen LogP contribution is 2.34. The van der Waals surface area contributed by atoms with Gasteiger partial charge >= 0.3 is 0 Å². The molecule has 15 heavy (non-hydrogen) atoms. The largest absolute Gasteiger partial charge is 0.472 e. The van der Waals surface area contributed by atoms with Gasteiger partial charge in [-0.1, -0.05) is 26.2 Å². The number of rotatable bonds is 4. The van der Waals surface area contributed by atoms with E-state index in [0.29, 0.717) is 6.04 Å². The van der Waals surface area contributed by atoms with Crippen LogP contribution >= 0.6 is 0 Å². The number of hydrogen-bond donors (Lipinski definition) is 1. The average molecular weight is 207 g/mol. The molecule has 0 aliphatic heterocycles. The van der Waals surface area contributed by atoms with Gasteiger partial charge < -0.3 is 9.73 Å². The Morgan fingerprint density at radius 3 is 2.80 bits per heavy atom. The maximum Gasteiger partial charge on any atom is 0.0950 e. The second-order valence-corrected chi connectivity index (χ2v) is 4.49. The van der Waals surface area contributed by atoms with Gasteiger partial charge in [0.25, 0.3) is 0 Å². The van der Waals surface area contributed by atoms with Gasteiger partial charge in [-0.15, -0.1) is 0 Å². The van der Waals surface area contributed by atoms with Crippen molar-refractivity contribution >= 4 is 0 Å². The molecule has 1 unspecified atom stereocenters. The smallest absolute Gasteiger partial charge is 0.0950 e. The predicted octanol–water partition coefficient (Wildman–Crippen LogP) is 3.51. The second kappa shape index (κ2) is 5.36. The molecule has 0 saturated heterocycles. The lowest BCUT2D eigenvalue weighted by Crippen LogP contribution is -2.29. The van der Waals surface area contributed by atoms with Gasteiger partial charge in [-0.05, 0) is 31.4 Å². The van der Waals surface area contributed by atoms with Crippen molar-refractivity contribution < 1.29 is 4.42 Å². The van der Waals surface area contributed by atoms with E-state index in [1.165, 1.54) is 37.7 Å². The molecule has 2 nitrogen and oxygen atoms in total. The molecule has 1 atom stereocenters. The quantitative estimate of drug-likeness (QED) is 0.817. The molecule has 2 rings (SSSR count). The summed E-state index contributed by atoms with van der Waals surface area (Å²) in [6, 6.07) is 2.61. The summed E-state index contributed by atoms with van der Waals surface area (Å²) in [6.07, 6.45) is 10.6. The molecule has 1 fully saturated rings. The van der Waals surface area contributed by atoms with Gasteiger partial charge in [0.15, 0.2) is 0 Å². The fourth-order valence-electron chi connectivity index (χ4n) is 2.70. The van der Waals surface area contributed by atoms with Crippen LogP contribution in [0.25, 0.3) is 0 Å². The zero-order valence-corrected chi connectivity index (χ0v) is 9.54. The van der Waals surface area contributed by atoms with Gasteiger partial charge in [-0.25, -0.2) is 0 Å². The Morgan fingerprint density at radius 1 is 1.40 bits per heavy atom. The lowest BCUT2D eigenvalue weighted by Gasteiger charge is -2.30. The summed E-state index contributed by atoms with van der Waals surface area (Å²) in [4.78, 5) is 0. The first kappa shape index (κ1) is 10.7. The van der Waals surface area contributed by atoms with Crippen molar-refractivity contribution in [2.75, 3.05) is 6.54 Å². The predicted molar refractivity (Wildman–Crippen MR) is 61.7 cm³/mol. The number of hydrogen-bond acceptors (Lipinski definition) is 2. The molecule has 1 aromatic heterocycles. The van der Waals surface area contributed by atoms with E-state index in [0.717, 1.165) is 12.5 Å². The van der Waals surface area contributed by atoms with Crippen molar-refractivity contribution in [3.05, 3.63) is 24.2 Å². The van der Waals surface area contributed by atoms with Crippen LogP contribution in [0.1, 0.15) is 50.6 Å². The molecule has 1 aliphatic rings. The summed E-state index contributed by atoms with van der Waals surface area (Å²) in [5.74, 6) is 0.802. The van der Waals surface area contributed by atoms with Crippen LogP contribution in [-0.4, -0.2) is 6.54 Å². The highest BCUT2D eigenvalue weighted by atomic mass is 16.3. The maximum absolute atomic E-state index is 5.19.